The Kier molecular flexibility index (Phi) is 10.9. The molecule has 3 atom stereocenters. The molecule has 2 aromatic carbocycles. The van der Waals surface area contributed by atoms with E-state index in [1.165, 1.54) is 18.0 Å². The number of carbonyl (C=O) groups is 4. The molecule has 0 radical (unpaired) electrons. The van der Waals surface area contributed by atoms with Crippen molar-refractivity contribution in [3.63, 3.8) is 0 Å². The van der Waals surface area contributed by atoms with Crippen molar-refractivity contribution in [2.75, 3.05) is 33.4 Å². The Balaban J connectivity index is 1.55. The molecule has 0 saturated carbocycles. The van der Waals surface area contributed by atoms with Gasteiger partial charge < -0.3 is 34.4 Å². The van der Waals surface area contributed by atoms with Gasteiger partial charge in [-0.1, -0.05) is 56.0 Å². The number of likely N-dealkylation sites (N-methyl/N-ethyl adjacent to an activating group) is 1. The molecule has 3 amide bonds. The van der Waals surface area contributed by atoms with Crippen LogP contribution in [0.5, 0.6) is 5.75 Å². The fraction of sp³-hybridized carbons (Fsp3) is 0.379. The fourth-order valence-corrected chi connectivity index (χ4v) is 4.33. The van der Waals surface area contributed by atoms with Crippen LogP contribution in [0, 0.1) is 5.92 Å². The molecule has 1 fully saturated rings. The van der Waals surface area contributed by atoms with E-state index < -0.39 is 30.1 Å². The third-order valence-corrected chi connectivity index (χ3v) is 6.31. The zero-order valence-corrected chi connectivity index (χ0v) is 22.7. The largest absolute Gasteiger partial charge is 0.491 e. The number of rotatable bonds is 12. The smallest absolute Gasteiger partial charge is 0.410 e. The van der Waals surface area contributed by atoms with E-state index in [0.717, 1.165) is 12.0 Å². The number of amides is 3. The lowest BCUT2D eigenvalue weighted by Crippen LogP contribution is -2.49. The first-order valence-corrected chi connectivity index (χ1v) is 12.9. The van der Waals surface area contributed by atoms with Crippen LogP contribution in [0.1, 0.15) is 29.3 Å². The molecular weight excluding hydrogens is 518 g/mol. The summed E-state index contributed by atoms with van der Waals surface area (Å²) in [6.45, 7) is 6.20. The van der Waals surface area contributed by atoms with Crippen molar-refractivity contribution in [3.8, 4) is 5.75 Å². The Morgan fingerprint density at radius 2 is 1.90 bits per heavy atom. The maximum atomic E-state index is 13.1. The first kappa shape index (κ1) is 30.0. The topological polar surface area (TPSA) is 135 Å². The minimum Gasteiger partial charge on any atom is -0.491 e. The van der Waals surface area contributed by atoms with Gasteiger partial charge >= 0.3 is 18.2 Å². The lowest BCUT2D eigenvalue weighted by atomic mass is 10.1. The van der Waals surface area contributed by atoms with Crippen LogP contribution in [0.25, 0.3) is 0 Å². The van der Waals surface area contributed by atoms with E-state index in [4.69, 9.17) is 14.2 Å². The van der Waals surface area contributed by atoms with Crippen LogP contribution in [-0.2, 0) is 20.9 Å². The molecule has 11 heteroatoms. The van der Waals surface area contributed by atoms with Gasteiger partial charge in [-0.15, -0.1) is 0 Å². The van der Waals surface area contributed by atoms with E-state index in [2.05, 4.69) is 11.9 Å². The maximum Gasteiger partial charge on any atom is 0.410 e. The monoisotopic (exact) mass is 553 g/mol. The molecule has 3 rings (SSSR count). The van der Waals surface area contributed by atoms with Gasteiger partial charge in [0.2, 0.25) is 0 Å². The highest BCUT2D eigenvalue weighted by atomic mass is 16.6. The van der Waals surface area contributed by atoms with Gasteiger partial charge in [-0.25, -0.2) is 14.4 Å². The van der Waals surface area contributed by atoms with Crippen LogP contribution >= 0.6 is 0 Å². The van der Waals surface area contributed by atoms with Crippen LogP contribution in [0.3, 0.4) is 0 Å². The molecule has 40 heavy (non-hydrogen) atoms. The van der Waals surface area contributed by atoms with Crippen molar-refractivity contribution >= 4 is 24.1 Å². The standard InChI is InChI=1S/C29H35N3O8/c1-4-13-38-29(37)32-16-20(2)14-23(32)19-39-24-12-8-11-22(15-24)26(33)31(3)17-25(27(34)35)30-28(36)40-18-21-9-6-5-7-10-21/h4-12,15,20,23,25H,1,13-14,16-19H2,2-3H3,(H,30,36)(H,34,35)/t20-,23-,25-/m0/s1. The summed E-state index contributed by atoms with van der Waals surface area (Å²) >= 11 is 0. The SMILES string of the molecule is C=CCOC(=O)N1C[C@@H](C)C[C@H]1COc1cccc(C(=O)N(C)C[C@H](NC(=O)OCc2ccccc2)C(=O)O)c1. The average molecular weight is 554 g/mol. The van der Waals surface area contributed by atoms with E-state index in [0.29, 0.717) is 12.3 Å². The summed E-state index contributed by atoms with van der Waals surface area (Å²) in [7, 11) is 1.44. The Hall–Kier alpha value is -4.54. The second-order valence-corrected chi connectivity index (χ2v) is 9.63. The Bertz CT molecular complexity index is 1190. The second kappa shape index (κ2) is 14.6. The first-order valence-electron chi connectivity index (χ1n) is 12.9. The van der Waals surface area contributed by atoms with Crippen molar-refractivity contribution < 1.29 is 38.5 Å². The zero-order valence-electron chi connectivity index (χ0n) is 22.7. The third kappa shape index (κ3) is 8.75. The third-order valence-electron chi connectivity index (χ3n) is 6.31. The summed E-state index contributed by atoms with van der Waals surface area (Å²) < 4.78 is 16.2. The number of ether oxygens (including phenoxy) is 3. The minimum atomic E-state index is -1.38. The number of hydrogen-bond acceptors (Lipinski definition) is 7. The Morgan fingerprint density at radius 1 is 1.15 bits per heavy atom. The Labute approximate surface area is 233 Å². The molecule has 2 aromatic rings. The first-order chi connectivity index (χ1) is 19.2. The van der Waals surface area contributed by atoms with Gasteiger partial charge in [-0.3, -0.25) is 4.79 Å². The molecule has 0 unspecified atom stereocenters. The zero-order chi connectivity index (χ0) is 29.1. The number of carbonyl (C=O) groups excluding carboxylic acids is 3. The summed E-state index contributed by atoms with van der Waals surface area (Å²) in [6.07, 6.45) is 0.932. The molecule has 1 heterocycles. The van der Waals surface area contributed by atoms with E-state index in [9.17, 15) is 24.3 Å². The molecule has 0 spiro atoms. The fourth-order valence-electron chi connectivity index (χ4n) is 4.33. The van der Waals surface area contributed by atoms with Gasteiger partial charge in [0.05, 0.1) is 12.6 Å². The average Bonchev–Trinajstić information content (AvgIpc) is 3.33. The molecule has 0 aromatic heterocycles. The van der Waals surface area contributed by atoms with Crippen molar-refractivity contribution in [1.82, 2.24) is 15.1 Å². The highest BCUT2D eigenvalue weighted by molar-refractivity contribution is 5.95. The number of aliphatic carboxylic acids is 1. The quantitative estimate of drug-likeness (QED) is 0.381. The highest BCUT2D eigenvalue weighted by Crippen LogP contribution is 2.25. The second-order valence-electron chi connectivity index (χ2n) is 9.63. The lowest BCUT2D eigenvalue weighted by molar-refractivity contribution is -0.139. The molecule has 0 bridgehead atoms. The van der Waals surface area contributed by atoms with Gasteiger partial charge in [-0.05, 0) is 36.1 Å². The van der Waals surface area contributed by atoms with Crippen molar-refractivity contribution in [1.29, 1.82) is 0 Å². The predicted octanol–water partition coefficient (Wildman–Crippen LogP) is 3.55. The van der Waals surface area contributed by atoms with E-state index in [1.54, 1.807) is 53.4 Å². The molecule has 11 nitrogen and oxygen atoms in total. The number of nitrogens with zero attached hydrogens (tertiary/aromatic N) is 2. The summed E-state index contributed by atoms with van der Waals surface area (Å²) in [5, 5.41) is 11.9. The van der Waals surface area contributed by atoms with Crippen LogP contribution < -0.4 is 10.1 Å². The number of nitrogens with one attached hydrogen (secondary N) is 1. The molecule has 2 N–H and O–H groups in total. The molecule has 1 aliphatic heterocycles. The van der Waals surface area contributed by atoms with Crippen molar-refractivity contribution in [3.05, 3.63) is 78.4 Å². The van der Waals surface area contributed by atoms with E-state index >= 15 is 0 Å². The van der Waals surface area contributed by atoms with Gasteiger partial charge in [-0.2, -0.15) is 0 Å². The summed E-state index contributed by atoms with van der Waals surface area (Å²) in [5.41, 5.74) is 1.03. The molecular formula is C29H35N3O8. The number of carboxylic acid groups (broad SMARTS) is 1. The highest BCUT2D eigenvalue weighted by Gasteiger charge is 2.34. The van der Waals surface area contributed by atoms with Crippen molar-refractivity contribution in [2.24, 2.45) is 5.92 Å². The van der Waals surface area contributed by atoms with Gasteiger partial charge in [0.15, 0.2) is 0 Å². The normalized spacial score (nSPS) is 16.9. The minimum absolute atomic E-state index is 0.0197. The van der Waals surface area contributed by atoms with Crippen LogP contribution in [-0.4, -0.2) is 84.4 Å². The van der Waals surface area contributed by atoms with E-state index in [-0.39, 0.29) is 43.9 Å². The lowest BCUT2D eigenvalue weighted by Gasteiger charge is -2.24. The summed E-state index contributed by atoms with van der Waals surface area (Å²) in [6, 6.07) is 13.9. The number of likely N-dealkylation sites (tertiary alicyclic amines) is 1. The molecule has 1 saturated heterocycles. The molecule has 214 valence electrons. The number of benzene rings is 2. The Morgan fingerprint density at radius 3 is 2.60 bits per heavy atom. The van der Waals surface area contributed by atoms with Crippen LogP contribution in [0.4, 0.5) is 9.59 Å². The number of hydrogen-bond donors (Lipinski definition) is 2. The van der Waals surface area contributed by atoms with Gasteiger partial charge in [0.25, 0.3) is 5.91 Å². The molecule has 1 aliphatic rings. The number of carboxylic acids is 1. The van der Waals surface area contributed by atoms with Crippen LogP contribution in [0.2, 0.25) is 0 Å². The van der Waals surface area contributed by atoms with Gasteiger partial charge in [0.1, 0.15) is 31.6 Å². The van der Waals surface area contributed by atoms with Gasteiger partial charge in [0, 0.05) is 19.2 Å². The summed E-state index contributed by atoms with van der Waals surface area (Å²) in [5.74, 6) is -1.05. The summed E-state index contributed by atoms with van der Waals surface area (Å²) in [4.78, 5) is 52.2. The maximum absolute atomic E-state index is 13.1. The van der Waals surface area contributed by atoms with Crippen LogP contribution in [0.15, 0.2) is 67.3 Å². The van der Waals surface area contributed by atoms with E-state index in [1.807, 2.05) is 13.0 Å². The number of alkyl carbamates (subject to hydrolysis) is 1. The van der Waals surface area contributed by atoms with Crippen molar-refractivity contribution in [2.45, 2.75) is 32.0 Å². The molecule has 0 aliphatic carbocycles. The predicted molar refractivity (Wildman–Crippen MR) is 146 cm³/mol.